The van der Waals surface area contributed by atoms with Crippen LogP contribution < -0.4 is 14.8 Å². The Morgan fingerprint density at radius 1 is 1.19 bits per heavy atom. The predicted molar refractivity (Wildman–Crippen MR) is 94.5 cm³/mol. The van der Waals surface area contributed by atoms with Crippen LogP contribution in [0.2, 0.25) is 0 Å². The van der Waals surface area contributed by atoms with E-state index in [1.807, 2.05) is 0 Å². The number of imide groups is 1. The number of methoxy groups -OCH3 is 2. The first-order valence-corrected chi connectivity index (χ1v) is 8.79. The van der Waals surface area contributed by atoms with Gasteiger partial charge in [-0.15, -0.1) is 0 Å². The van der Waals surface area contributed by atoms with E-state index in [4.69, 9.17) is 9.47 Å². The van der Waals surface area contributed by atoms with Crippen molar-refractivity contribution in [1.29, 1.82) is 0 Å². The van der Waals surface area contributed by atoms with E-state index in [9.17, 15) is 14.4 Å². The van der Waals surface area contributed by atoms with Crippen LogP contribution in [0.25, 0.3) is 0 Å². The number of benzene rings is 1. The van der Waals surface area contributed by atoms with Gasteiger partial charge in [-0.05, 0) is 49.8 Å². The summed E-state index contributed by atoms with van der Waals surface area (Å²) in [6.07, 6.45) is 3.03. The Balaban J connectivity index is 1.75. The van der Waals surface area contributed by atoms with E-state index in [-0.39, 0.29) is 18.2 Å². The zero-order chi connectivity index (χ0) is 18.9. The highest BCUT2D eigenvalue weighted by Crippen LogP contribution is 2.36. The fourth-order valence-electron chi connectivity index (χ4n) is 3.66. The fraction of sp³-hybridized carbons (Fsp3) is 0.526. The minimum Gasteiger partial charge on any atom is -0.493 e. The van der Waals surface area contributed by atoms with E-state index < -0.39 is 11.6 Å². The van der Waals surface area contributed by atoms with E-state index in [1.54, 1.807) is 18.2 Å². The summed E-state index contributed by atoms with van der Waals surface area (Å²) in [5, 5.41) is 2.83. The maximum Gasteiger partial charge on any atom is 0.325 e. The third kappa shape index (κ3) is 3.13. The summed E-state index contributed by atoms with van der Waals surface area (Å²) in [5.74, 6) is 0.870. The zero-order valence-electron chi connectivity index (χ0n) is 15.3. The van der Waals surface area contributed by atoms with Crippen molar-refractivity contribution in [2.75, 3.05) is 20.8 Å². The van der Waals surface area contributed by atoms with Gasteiger partial charge < -0.3 is 14.8 Å². The molecule has 0 radical (unpaired) electrons. The summed E-state index contributed by atoms with van der Waals surface area (Å²) >= 11 is 0. The lowest BCUT2D eigenvalue weighted by Crippen LogP contribution is -2.49. The molecule has 0 unspecified atom stereocenters. The maximum absolute atomic E-state index is 12.8. The number of nitrogens with zero attached hydrogens (tertiary/aromatic N) is 1. The van der Waals surface area contributed by atoms with E-state index in [2.05, 4.69) is 12.2 Å². The van der Waals surface area contributed by atoms with Gasteiger partial charge >= 0.3 is 6.03 Å². The highest BCUT2D eigenvalue weighted by Gasteiger charge is 2.52. The van der Waals surface area contributed by atoms with Gasteiger partial charge in [-0.2, -0.15) is 0 Å². The van der Waals surface area contributed by atoms with Gasteiger partial charge in [-0.25, -0.2) is 4.79 Å². The van der Waals surface area contributed by atoms with Crippen LogP contribution in [-0.2, 0) is 4.79 Å². The van der Waals surface area contributed by atoms with Crippen LogP contribution in [0.15, 0.2) is 18.2 Å². The zero-order valence-corrected chi connectivity index (χ0v) is 15.3. The predicted octanol–water partition coefficient (Wildman–Crippen LogP) is 2.39. The molecular formula is C19H24N2O5. The Bertz CT molecular complexity index is 737. The SMILES string of the molecule is COc1ccc(C(=O)CN2C(=O)NC3(CCC(C)CC3)C2=O)cc1OC. The van der Waals surface area contributed by atoms with E-state index in [0.717, 1.165) is 17.7 Å². The van der Waals surface area contributed by atoms with Crippen molar-refractivity contribution in [1.82, 2.24) is 10.2 Å². The molecular weight excluding hydrogens is 336 g/mol. The molecule has 1 aliphatic heterocycles. The topological polar surface area (TPSA) is 84.9 Å². The van der Waals surface area contributed by atoms with Crippen LogP contribution >= 0.6 is 0 Å². The van der Waals surface area contributed by atoms with Crippen LogP contribution in [0, 0.1) is 5.92 Å². The lowest BCUT2D eigenvalue weighted by atomic mass is 9.77. The van der Waals surface area contributed by atoms with Gasteiger partial charge in [-0.3, -0.25) is 14.5 Å². The Kier molecular flexibility index (Phi) is 4.89. The van der Waals surface area contributed by atoms with Gasteiger partial charge in [0.05, 0.1) is 20.8 Å². The van der Waals surface area contributed by atoms with Crippen molar-refractivity contribution in [2.45, 2.75) is 38.1 Å². The third-order valence-electron chi connectivity index (χ3n) is 5.38. The van der Waals surface area contributed by atoms with Crippen molar-refractivity contribution in [3.05, 3.63) is 23.8 Å². The molecule has 1 saturated carbocycles. The van der Waals surface area contributed by atoms with Crippen molar-refractivity contribution >= 4 is 17.7 Å². The highest BCUT2D eigenvalue weighted by atomic mass is 16.5. The number of hydrogen-bond acceptors (Lipinski definition) is 5. The lowest BCUT2D eigenvalue weighted by molar-refractivity contribution is -0.132. The highest BCUT2D eigenvalue weighted by molar-refractivity contribution is 6.11. The first-order valence-electron chi connectivity index (χ1n) is 8.79. The molecule has 140 valence electrons. The summed E-state index contributed by atoms with van der Waals surface area (Å²) in [6.45, 7) is 1.87. The molecule has 7 heteroatoms. The van der Waals surface area contributed by atoms with Crippen LogP contribution in [0.1, 0.15) is 43.0 Å². The van der Waals surface area contributed by atoms with Gasteiger partial charge in [0.2, 0.25) is 0 Å². The Labute approximate surface area is 152 Å². The molecule has 0 atom stereocenters. The first-order chi connectivity index (χ1) is 12.4. The number of ether oxygens (including phenoxy) is 2. The standard InChI is InChI=1S/C19H24N2O5/c1-12-6-8-19(9-7-12)17(23)21(18(24)20-19)11-14(22)13-4-5-15(25-2)16(10-13)26-3/h4-5,10,12H,6-9,11H2,1-3H3,(H,20,24). The molecule has 1 aromatic rings. The molecule has 1 spiro atoms. The van der Waals surface area contributed by atoms with Gasteiger partial charge in [0.1, 0.15) is 5.54 Å². The number of hydrogen-bond donors (Lipinski definition) is 1. The molecule has 0 bridgehead atoms. The second kappa shape index (κ2) is 6.97. The van der Waals surface area contributed by atoms with Crippen LogP contribution in [0.4, 0.5) is 4.79 Å². The minimum absolute atomic E-state index is 0.280. The molecule has 7 nitrogen and oxygen atoms in total. The molecule has 1 aliphatic carbocycles. The normalized spacial score (nSPS) is 25.3. The quantitative estimate of drug-likeness (QED) is 0.644. The molecule has 3 rings (SSSR count). The van der Waals surface area contributed by atoms with Crippen molar-refractivity contribution in [3.63, 3.8) is 0 Å². The average Bonchev–Trinajstić information content (AvgIpc) is 2.87. The van der Waals surface area contributed by atoms with Gasteiger partial charge in [0.15, 0.2) is 17.3 Å². The fourth-order valence-corrected chi connectivity index (χ4v) is 3.66. The van der Waals surface area contributed by atoms with Crippen molar-refractivity contribution < 1.29 is 23.9 Å². The van der Waals surface area contributed by atoms with Crippen molar-refractivity contribution in [3.8, 4) is 11.5 Å². The van der Waals surface area contributed by atoms with Gasteiger partial charge in [0, 0.05) is 5.56 Å². The van der Waals surface area contributed by atoms with Crippen LogP contribution in [-0.4, -0.2) is 48.9 Å². The van der Waals surface area contributed by atoms with Crippen LogP contribution in [0.5, 0.6) is 11.5 Å². The molecule has 0 aromatic heterocycles. The maximum atomic E-state index is 12.8. The number of rotatable bonds is 5. The number of nitrogens with one attached hydrogen (secondary N) is 1. The lowest BCUT2D eigenvalue weighted by Gasteiger charge is -2.33. The second-order valence-electron chi connectivity index (χ2n) is 7.08. The summed E-state index contributed by atoms with van der Waals surface area (Å²) in [5.41, 5.74) is -0.469. The Hall–Kier alpha value is -2.57. The third-order valence-corrected chi connectivity index (χ3v) is 5.38. The molecule has 1 saturated heterocycles. The summed E-state index contributed by atoms with van der Waals surface area (Å²) in [6, 6.07) is 4.29. The van der Waals surface area contributed by atoms with E-state index >= 15 is 0 Å². The molecule has 1 N–H and O–H groups in total. The molecule has 2 aliphatic rings. The number of amides is 3. The van der Waals surface area contributed by atoms with Crippen molar-refractivity contribution in [2.24, 2.45) is 5.92 Å². The van der Waals surface area contributed by atoms with Crippen LogP contribution in [0.3, 0.4) is 0 Å². The van der Waals surface area contributed by atoms with Gasteiger partial charge in [-0.1, -0.05) is 6.92 Å². The minimum atomic E-state index is -0.832. The number of Topliss-reactive ketones (excluding diaryl/α,β-unsaturated/α-hetero) is 1. The molecule has 1 aromatic carbocycles. The molecule has 2 fully saturated rings. The summed E-state index contributed by atoms with van der Waals surface area (Å²) < 4.78 is 10.4. The number of carbonyl (C=O) groups excluding carboxylic acids is 3. The number of carbonyl (C=O) groups is 3. The molecule has 26 heavy (non-hydrogen) atoms. The summed E-state index contributed by atoms with van der Waals surface area (Å²) in [7, 11) is 2.99. The monoisotopic (exact) mass is 360 g/mol. The van der Waals surface area contributed by atoms with Gasteiger partial charge in [0.25, 0.3) is 5.91 Å². The Morgan fingerprint density at radius 2 is 1.85 bits per heavy atom. The first kappa shape index (κ1) is 18.2. The average molecular weight is 360 g/mol. The number of urea groups is 1. The second-order valence-corrected chi connectivity index (χ2v) is 7.08. The Morgan fingerprint density at radius 3 is 2.46 bits per heavy atom. The number of ketones is 1. The van der Waals surface area contributed by atoms with E-state index in [1.165, 1.54) is 14.2 Å². The summed E-state index contributed by atoms with van der Waals surface area (Å²) in [4.78, 5) is 38.8. The molecule has 3 amide bonds. The largest absolute Gasteiger partial charge is 0.493 e. The smallest absolute Gasteiger partial charge is 0.325 e. The molecule has 1 heterocycles. The van der Waals surface area contributed by atoms with E-state index in [0.29, 0.717) is 35.8 Å².